The summed E-state index contributed by atoms with van der Waals surface area (Å²) in [4.78, 5) is 48.0. The molecule has 0 spiro atoms. The molecule has 1 aliphatic heterocycles. The molecule has 3 rings (SSSR count). The van der Waals surface area contributed by atoms with E-state index in [2.05, 4.69) is 16.0 Å². The summed E-state index contributed by atoms with van der Waals surface area (Å²) in [5, 5.41) is 7.87. The normalized spacial score (nSPS) is 16.0. The number of ketones is 1. The van der Waals surface area contributed by atoms with Gasteiger partial charge in [0, 0.05) is 11.3 Å². The highest BCUT2D eigenvalue weighted by atomic mass is 16.2. The number of anilines is 2. The Morgan fingerprint density at radius 2 is 1.73 bits per heavy atom. The smallest absolute Gasteiger partial charge is 0.254 e. The van der Waals surface area contributed by atoms with Crippen molar-refractivity contribution in [3.63, 3.8) is 0 Å². The first kappa shape index (κ1) is 17.3. The van der Waals surface area contributed by atoms with Crippen LogP contribution < -0.4 is 16.0 Å². The fourth-order valence-corrected chi connectivity index (χ4v) is 2.64. The van der Waals surface area contributed by atoms with Gasteiger partial charge in [-0.15, -0.1) is 0 Å². The summed E-state index contributed by atoms with van der Waals surface area (Å²) in [5.74, 6) is -1.36. The van der Waals surface area contributed by atoms with Crippen LogP contribution in [0.2, 0.25) is 0 Å². The maximum absolute atomic E-state index is 12.3. The van der Waals surface area contributed by atoms with Gasteiger partial charge < -0.3 is 16.0 Å². The number of hydrogen-bond acceptors (Lipinski definition) is 4. The summed E-state index contributed by atoms with van der Waals surface area (Å²) in [6.07, 6.45) is -0.208. The van der Waals surface area contributed by atoms with Crippen LogP contribution in [-0.2, 0) is 9.59 Å². The van der Waals surface area contributed by atoms with Crippen LogP contribution in [0.25, 0.3) is 0 Å². The highest BCUT2D eigenvalue weighted by molar-refractivity contribution is 6.11. The largest absolute Gasteiger partial charge is 0.340 e. The monoisotopic (exact) mass is 351 g/mol. The van der Waals surface area contributed by atoms with Gasteiger partial charge in [-0.05, 0) is 43.3 Å². The van der Waals surface area contributed by atoms with E-state index in [0.29, 0.717) is 22.5 Å². The second-order valence-electron chi connectivity index (χ2n) is 5.95. The maximum Gasteiger partial charge on any atom is 0.254 e. The van der Waals surface area contributed by atoms with Gasteiger partial charge in [0.15, 0.2) is 5.78 Å². The van der Waals surface area contributed by atoms with Crippen molar-refractivity contribution in [3.8, 4) is 0 Å². The number of fused-ring (bicyclic) bond motifs is 1. The van der Waals surface area contributed by atoms with E-state index in [9.17, 15) is 19.2 Å². The Balaban J connectivity index is 1.66. The minimum Gasteiger partial charge on any atom is -0.340 e. The van der Waals surface area contributed by atoms with E-state index in [4.69, 9.17) is 0 Å². The quantitative estimate of drug-likeness (QED) is 0.733. The Kier molecular flexibility index (Phi) is 4.79. The van der Waals surface area contributed by atoms with Gasteiger partial charge in [0.05, 0.1) is 17.7 Å². The zero-order valence-corrected chi connectivity index (χ0v) is 14.0. The van der Waals surface area contributed by atoms with Crippen molar-refractivity contribution in [2.75, 3.05) is 10.6 Å². The van der Waals surface area contributed by atoms with E-state index in [0.717, 1.165) is 0 Å². The molecule has 3 amide bonds. The molecule has 0 saturated heterocycles. The van der Waals surface area contributed by atoms with Gasteiger partial charge in [-0.2, -0.15) is 0 Å². The van der Waals surface area contributed by atoms with Gasteiger partial charge in [-0.1, -0.05) is 12.1 Å². The lowest BCUT2D eigenvalue weighted by Crippen LogP contribution is -2.43. The van der Waals surface area contributed by atoms with Gasteiger partial charge in [0.1, 0.15) is 6.04 Å². The molecule has 2 aromatic carbocycles. The Morgan fingerprint density at radius 3 is 2.42 bits per heavy atom. The van der Waals surface area contributed by atoms with Crippen LogP contribution in [0.15, 0.2) is 48.5 Å². The van der Waals surface area contributed by atoms with Crippen LogP contribution >= 0.6 is 0 Å². The summed E-state index contributed by atoms with van der Waals surface area (Å²) in [5.41, 5.74) is 1.81. The number of para-hydroxylation sites is 1. The molecule has 7 nitrogen and oxygen atoms in total. The number of benzene rings is 2. The number of Topliss-reactive ketones (excluding diaryl/α,β-unsaturated/α-hetero) is 1. The number of nitrogens with one attached hydrogen (secondary N) is 3. The Hall–Kier alpha value is -3.48. The number of carbonyl (C=O) groups is 4. The van der Waals surface area contributed by atoms with Crippen molar-refractivity contribution in [2.24, 2.45) is 0 Å². The first-order valence-electron chi connectivity index (χ1n) is 8.05. The minimum atomic E-state index is -0.980. The molecule has 2 aromatic rings. The zero-order chi connectivity index (χ0) is 18.7. The molecule has 0 radical (unpaired) electrons. The second-order valence-corrected chi connectivity index (χ2v) is 5.95. The molecule has 26 heavy (non-hydrogen) atoms. The average Bonchev–Trinajstić information content (AvgIpc) is 2.72. The molecule has 0 bridgehead atoms. The topological polar surface area (TPSA) is 104 Å². The van der Waals surface area contributed by atoms with Crippen LogP contribution in [0.5, 0.6) is 0 Å². The van der Waals surface area contributed by atoms with Crippen LogP contribution in [0.4, 0.5) is 11.4 Å². The first-order valence-corrected chi connectivity index (χ1v) is 8.05. The molecule has 1 aliphatic rings. The van der Waals surface area contributed by atoms with Gasteiger partial charge in [0.25, 0.3) is 5.91 Å². The predicted octanol–water partition coefficient (Wildman–Crippen LogP) is 1.97. The number of hydrogen-bond donors (Lipinski definition) is 3. The van der Waals surface area contributed by atoms with E-state index in [-0.39, 0.29) is 12.2 Å². The molecule has 3 N–H and O–H groups in total. The Bertz CT molecular complexity index is 890. The predicted molar refractivity (Wildman–Crippen MR) is 96.0 cm³/mol. The Labute approximate surface area is 149 Å². The third-order valence-corrected chi connectivity index (χ3v) is 4.02. The fourth-order valence-electron chi connectivity index (χ4n) is 2.64. The summed E-state index contributed by atoms with van der Waals surface area (Å²) in [6, 6.07) is 12.1. The summed E-state index contributed by atoms with van der Waals surface area (Å²) >= 11 is 0. The second kappa shape index (κ2) is 7.18. The molecule has 1 heterocycles. The zero-order valence-electron chi connectivity index (χ0n) is 14.0. The van der Waals surface area contributed by atoms with Crippen LogP contribution in [0.3, 0.4) is 0 Å². The molecule has 0 saturated carbocycles. The van der Waals surface area contributed by atoms with Crippen molar-refractivity contribution in [1.82, 2.24) is 5.32 Å². The van der Waals surface area contributed by atoms with E-state index in [1.807, 2.05) is 0 Å². The van der Waals surface area contributed by atoms with Gasteiger partial charge in [-0.3, -0.25) is 19.2 Å². The van der Waals surface area contributed by atoms with Gasteiger partial charge >= 0.3 is 0 Å². The maximum atomic E-state index is 12.3. The number of rotatable bonds is 4. The van der Waals surface area contributed by atoms with E-state index < -0.39 is 23.8 Å². The average molecular weight is 351 g/mol. The fraction of sp³-hybridized carbons (Fsp3) is 0.158. The first-order chi connectivity index (χ1) is 12.4. The van der Waals surface area contributed by atoms with Crippen LogP contribution in [0, 0.1) is 0 Å². The molecule has 0 fully saturated rings. The van der Waals surface area contributed by atoms with Crippen molar-refractivity contribution >= 4 is 34.9 Å². The molecule has 132 valence electrons. The van der Waals surface area contributed by atoms with Crippen molar-refractivity contribution in [1.29, 1.82) is 0 Å². The van der Waals surface area contributed by atoms with E-state index in [1.54, 1.807) is 48.5 Å². The summed E-state index contributed by atoms with van der Waals surface area (Å²) in [7, 11) is 0. The summed E-state index contributed by atoms with van der Waals surface area (Å²) in [6.45, 7) is 1.46. The lowest BCUT2D eigenvalue weighted by molar-refractivity contribution is -0.122. The van der Waals surface area contributed by atoms with Crippen LogP contribution in [0.1, 0.15) is 34.1 Å². The molecule has 7 heteroatoms. The molecule has 0 aromatic heterocycles. The van der Waals surface area contributed by atoms with Gasteiger partial charge in [0.2, 0.25) is 11.8 Å². The molecular weight excluding hydrogens is 334 g/mol. The molecule has 1 atom stereocenters. The third-order valence-electron chi connectivity index (χ3n) is 4.02. The number of carbonyl (C=O) groups excluding carboxylic acids is 4. The highest BCUT2D eigenvalue weighted by Crippen LogP contribution is 2.19. The SMILES string of the molecule is CC(=O)c1ccc(NC(=O)C[C@@H]2NC(=O)c3ccccc3NC2=O)cc1. The third kappa shape index (κ3) is 3.77. The van der Waals surface area contributed by atoms with Crippen LogP contribution in [-0.4, -0.2) is 29.5 Å². The number of amides is 3. The lowest BCUT2D eigenvalue weighted by Gasteiger charge is -2.14. The Morgan fingerprint density at radius 1 is 1.04 bits per heavy atom. The van der Waals surface area contributed by atoms with Gasteiger partial charge in [-0.25, -0.2) is 0 Å². The highest BCUT2D eigenvalue weighted by Gasteiger charge is 2.29. The van der Waals surface area contributed by atoms with E-state index >= 15 is 0 Å². The standard InChI is InChI=1S/C19H17N3O4/c1-11(23)12-6-8-13(9-7-12)20-17(24)10-16-19(26)21-15-5-3-2-4-14(15)18(25)22-16/h2-9,16H,10H2,1H3,(H,20,24)(H,21,26)(H,22,25)/t16-/m0/s1. The van der Waals surface area contributed by atoms with Crippen molar-refractivity contribution in [2.45, 2.75) is 19.4 Å². The van der Waals surface area contributed by atoms with Crippen molar-refractivity contribution < 1.29 is 19.2 Å². The van der Waals surface area contributed by atoms with Crippen molar-refractivity contribution in [3.05, 3.63) is 59.7 Å². The minimum absolute atomic E-state index is 0.0692. The lowest BCUT2D eigenvalue weighted by atomic mass is 10.1. The van der Waals surface area contributed by atoms with E-state index in [1.165, 1.54) is 6.92 Å². The molecule has 0 unspecified atom stereocenters. The summed E-state index contributed by atoms with van der Waals surface area (Å²) < 4.78 is 0. The molecular formula is C19H17N3O4. The molecule has 0 aliphatic carbocycles.